The summed E-state index contributed by atoms with van der Waals surface area (Å²) in [5.41, 5.74) is 2.11. The van der Waals surface area contributed by atoms with Crippen LogP contribution in [0.5, 0.6) is 0 Å². The maximum absolute atomic E-state index is 13.4. The quantitative estimate of drug-likeness (QED) is 0.793. The van der Waals surface area contributed by atoms with E-state index in [0.29, 0.717) is 11.3 Å². The Bertz CT molecular complexity index is 508. The van der Waals surface area contributed by atoms with Crippen molar-refractivity contribution in [3.63, 3.8) is 0 Å². The van der Waals surface area contributed by atoms with Crippen LogP contribution in [0.2, 0.25) is 0 Å². The van der Waals surface area contributed by atoms with Crippen LogP contribution < -0.4 is 0 Å². The molecule has 0 fully saturated rings. The first-order valence-electron chi connectivity index (χ1n) is 4.91. The van der Waals surface area contributed by atoms with Gasteiger partial charge < -0.3 is 0 Å². The maximum atomic E-state index is 13.4. The minimum atomic E-state index is -0.235. The Labute approximate surface area is 101 Å². The molecule has 1 heterocycles. The number of benzene rings is 1. The summed E-state index contributed by atoms with van der Waals surface area (Å²) in [6.07, 6.45) is 1.79. The second-order valence-corrected chi connectivity index (χ2v) is 4.96. The van der Waals surface area contributed by atoms with Crippen molar-refractivity contribution in [3.8, 4) is 5.69 Å². The molecule has 2 rings (SSSR count). The topological polar surface area (TPSA) is 30.7 Å². The number of hydrogen-bond acceptors (Lipinski definition) is 2. The lowest BCUT2D eigenvalue weighted by molar-refractivity contribution is 0.614. The Hall–Kier alpha value is -1.23. The van der Waals surface area contributed by atoms with Gasteiger partial charge in [0.15, 0.2) is 0 Å². The fourth-order valence-corrected chi connectivity index (χ4v) is 1.63. The molecule has 0 spiro atoms. The minimum Gasteiger partial charge on any atom is -0.220 e. The van der Waals surface area contributed by atoms with E-state index in [1.165, 1.54) is 6.07 Å². The fourth-order valence-electron chi connectivity index (χ4n) is 1.42. The van der Waals surface area contributed by atoms with Crippen molar-refractivity contribution in [3.05, 3.63) is 41.5 Å². The zero-order valence-corrected chi connectivity index (χ0v) is 10.6. The van der Waals surface area contributed by atoms with Crippen LogP contribution in [-0.2, 0) is 0 Å². The van der Waals surface area contributed by atoms with Crippen LogP contribution in [0, 0.1) is 12.7 Å². The predicted molar refractivity (Wildman–Crippen MR) is 63.4 cm³/mol. The Morgan fingerprint density at radius 1 is 1.44 bits per heavy atom. The summed E-state index contributed by atoms with van der Waals surface area (Å²) < 4.78 is 14.9. The summed E-state index contributed by atoms with van der Waals surface area (Å²) in [5.74, 6) is -0.235. The van der Waals surface area contributed by atoms with Gasteiger partial charge in [0.05, 0.1) is 22.4 Å². The second kappa shape index (κ2) is 4.33. The molecule has 84 valence electrons. The van der Waals surface area contributed by atoms with Gasteiger partial charge in [-0.3, -0.25) is 0 Å². The standard InChI is InChI=1S/C11H11BrFN3/c1-7-9(13)4-3-5-11(7)16-6-10(8(2)12)14-15-16/h3-6,8H,1-2H3. The molecular formula is C11H11BrFN3. The van der Waals surface area contributed by atoms with Crippen LogP contribution in [-0.4, -0.2) is 15.0 Å². The van der Waals surface area contributed by atoms with Crippen LogP contribution in [0.15, 0.2) is 24.4 Å². The van der Waals surface area contributed by atoms with Gasteiger partial charge in [0, 0.05) is 5.56 Å². The van der Waals surface area contributed by atoms with Crippen LogP contribution in [0.3, 0.4) is 0 Å². The van der Waals surface area contributed by atoms with Crippen molar-refractivity contribution < 1.29 is 4.39 Å². The molecule has 0 aliphatic carbocycles. The molecule has 0 saturated carbocycles. The van der Waals surface area contributed by atoms with Crippen LogP contribution >= 0.6 is 15.9 Å². The summed E-state index contributed by atoms with van der Waals surface area (Å²) >= 11 is 3.41. The molecule has 0 aliphatic rings. The third-order valence-corrected chi connectivity index (χ3v) is 2.87. The van der Waals surface area contributed by atoms with Gasteiger partial charge in [-0.1, -0.05) is 27.2 Å². The van der Waals surface area contributed by atoms with E-state index in [1.54, 1.807) is 23.9 Å². The average molecular weight is 284 g/mol. The van der Waals surface area contributed by atoms with Crippen LogP contribution in [0.1, 0.15) is 23.0 Å². The zero-order chi connectivity index (χ0) is 11.7. The summed E-state index contributed by atoms with van der Waals surface area (Å²) in [6, 6.07) is 4.91. The first-order valence-corrected chi connectivity index (χ1v) is 5.83. The molecule has 0 radical (unpaired) electrons. The monoisotopic (exact) mass is 283 g/mol. The van der Waals surface area contributed by atoms with Gasteiger partial charge in [-0.2, -0.15) is 0 Å². The predicted octanol–water partition coefficient (Wildman–Crippen LogP) is 3.17. The molecule has 1 aromatic heterocycles. The highest BCUT2D eigenvalue weighted by Gasteiger charge is 2.10. The zero-order valence-electron chi connectivity index (χ0n) is 8.98. The Morgan fingerprint density at radius 2 is 2.19 bits per heavy atom. The number of alkyl halides is 1. The van der Waals surface area contributed by atoms with Gasteiger partial charge in [-0.25, -0.2) is 9.07 Å². The molecule has 2 aromatic rings. The average Bonchev–Trinajstić information content (AvgIpc) is 2.71. The highest BCUT2D eigenvalue weighted by atomic mass is 79.9. The van der Waals surface area contributed by atoms with E-state index in [0.717, 1.165) is 5.69 Å². The molecular weight excluding hydrogens is 273 g/mol. The van der Waals surface area contributed by atoms with Gasteiger partial charge >= 0.3 is 0 Å². The first kappa shape index (κ1) is 11.3. The number of halogens is 2. The van der Waals surface area contributed by atoms with Crippen molar-refractivity contribution in [2.24, 2.45) is 0 Å². The van der Waals surface area contributed by atoms with E-state index in [-0.39, 0.29) is 10.6 Å². The number of rotatable bonds is 2. The van der Waals surface area contributed by atoms with Gasteiger partial charge in [-0.05, 0) is 26.0 Å². The van der Waals surface area contributed by atoms with E-state index in [4.69, 9.17) is 0 Å². The number of nitrogens with zero attached hydrogens (tertiary/aromatic N) is 3. The smallest absolute Gasteiger partial charge is 0.128 e. The minimum absolute atomic E-state index is 0.134. The van der Waals surface area contributed by atoms with Crippen molar-refractivity contribution in [1.82, 2.24) is 15.0 Å². The van der Waals surface area contributed by atoms with Gasteiger partial charge in [0.25, 0.3) is 0 Å². The lowest BCUT2D eigenvalue weighted by atomic mass is 10.2. The molecule has 16 heavy (non-hydrogen) atoms. The van der Waals surface area contributed by atoms with Crippen molar-refractivity contribution in [1.29, 1.82) is 0 Å². The number of aromatic nitrogens is 3. The van der Waals surface area contributed by atoms with E-state index in [9.17, 15) is 4.39 Å². The summed E-state index contributed by atoms with van der Waals surface area (Å²) in [4.78, 5) is 0.134. The molecule has 1 aromatic carbocycles. The van der Waals surface area contributed by atoms with Crippen molar-refractivity contribution in [2.75, 3.05) is 0 Å². The molecule has 0 aliphatic heterocycles. The molecule has 0 N–H and O–H groups in total. The normalized spacial score (nSPS) is 12.8. The van der Waals surface area contributed by atoms with Gasteiger partial charge in [0.1, 0.15) is 5.82 Å². The first-order chi connectivity index (χ1) is 7.59. The Balaban J connectivity index is 2.47. The summed E-state index contributed by atoms with van der Waals surface area (Å²) in [5, 5.41) is 7.99. The largest absolute Gasteiger partial charge is 0.220 e. The van der Waals surface area contributed by atoms with E-state index in [2.05, 4.69) is 26.2 Å². The van der Waals surface area contributed by atoms with Crippen LogP contribution in [0.4, 0.5) is 4.39 Å². The van der Waals surface area contributed by atoms with Crippen molar-refractivity contribution in [2.45, 2.75) is 18.7 Å². The van der Waals surface area contributed by atoms with Gasteiger partial charge in [0.2, 0.25) is 0 Å². The molecule has 5 heteroatoms. The summed E-state index contributed by atoms with van der Waals surface area (Å²) in [7, 11) is 0. The maximum Gasteiger partial charge on any atom is 0.128 e. The molecule has 1 atom stereocenters. The molecule has 0 amide bonds. The van der Waals surface area contributed by atoms with Gasteiger partial charge in [-0.15, -0.1) is 5.10 Å². The lowest BCUT2D eigenvalue weighted by Gasteiger charge is -2.04. The number of hydrogen-bond donors (Lipinski definition) is 0. The molecule has 0 saturated heterocycles. The van der Waals surface area contributed by atoms with E-state index in [1.807, 2.05) is 13.0 Å². The second-order valence-electron chi connectivity index (χ2n) is 3.59. The molecule has 3 nitrogen and oxygen atoms in total. The van der Waals surface area contributed by atoms with Crippen LogP contribution in [0.25, 0.3) is 5.69 Å². The molecule has 0 bridgehead atoms. The molecule has 1 unspecified atom stereocenters. The Kier molecular flexibility index (Phi) is 3.05. The fraction of sp³-hybridized carbons (Fsp3) is 0.273. The Morgan fingerprint density at radius 3 is 2.81 bits per heavy atom. The summed E-state index contributed by atoms with van der Waals surface area (Å²) in [6.45, 7) is 3.69. The SMILES string of the molecule is Cc1c(F)cccc1-n1cc(C(C)Br)nn1. The van der Waals surface area contributed by atoms with E-state index < -0.39 is 0 Å². The highest BCUT2D eigenvalue weighted by Crippen LogP contribution is 2.21. The third-order valence-electron chi connectivity index (χ3n) is 2.40. The third kappa shape index (κ3) is 2.00. The van der Waals surface area contributed by atoms with E-state index >= 15 is 0 Å². The van der Waals surface area contributed by atoms with Crippen molar-refractivity contribution >= 4 is 15.9 Å². The highest BCUT2D eigenvalue weighted by molar-refractivity contribution is 9.09. The lowest BCUT2D eigenvalue weighted by Crippen LogP contribution is -1.99.